The molecule has 8 nitrogen and oxygen atoms in total. The van der Waals surface area contributed by atoms with Crippen LogP contribution in [0.15, 0.2) is 30.6 Å². The van der Waals surface area contributed by atoms with Gasteiger partial charge < -0.3 is 10.6 Å². The molecule has 0 saturated heterocycles. The Morgan fingerprint density at radius 1 is 1.20 bits per heavy atom. The van der Waals surface area contributed by atoms with E-state index in [1.807, 2.05) is 18.2 Å². The molecule has 0 atom stereocenters. The van der Waals surface area contributed by atoms with Gasteiger partial charge in [-0.1, -0.05) is 19.9 Å². The molecule has 0 bridgehead atoms. The molecule has 1 saturated carbocycles. The number of anilines is 1. The third-order valence-electron chi connectivity index (χ3n) is 5.70. The van der Waals surface area contributed by atoms with Crippen LogP contribution in [0.4, 0.5) is 5.82 Å². The fourth-order valence-electron chi connectivity index (χ4n) is 4.02. The van der Waals surface area contributed by atoms with E-state index < -0.39 is 0 Å². The molecule has 0 radical (unpaired) electrons. The van der Waals surface area contributed by atoms with Gasteiger partial charge in [0.15, 0.2) is 5.69 Å². The van der Waals surface area contributed by atoms with Gasteiger partial charge in [0.05, 0.1) is 11.3 Å². The van der Waals surface area contributed by atoms with Gasteiger partial charge in [-0.25, -0.2) is 4.98 Å². The smallest absolute Gasteiger partial charge is 0.256 e. The van der Waals surface area contributed by atoms with Crippen molar-refractivity contribution >= 4 is 17.4 Å². The summed E-state index contributed by atoms with van der Waals surface area (Å²) in [4.78, 5) is 17.2. The molecule has 0 aromatic carbocycles. The van der Waals surface area contributed by atoms with Gasteiger partial charge in [0, 0.05) is 31.5 Å². The van der Waals surface area contributed by atoms with Gasteiger partial charge in [0.25, 0.3) is 5.91 Å². The van der Waals surface area contributed by atoms with E-state index in [-0.39, 0.29) is 17.6 Å². The number of hydrogen-bond donors (Lipinski definition) is 2. The highest BCUT2D eigenvalue weighted by Crippen LogP contribution is 2.24. The lowest BCUT2D eigenvalue weighted by Crippen LogP contribution is -2.40. The molecular weight excluding hydrogens is 378 g/mol. The number of fused-ring (bicyclic) bond motifs is 1. The van der Waals surface area contributed by atoms with Gasteiger partial charge in [-0.05, 0) is 43.7 Å². The van der Waals surface area contributed by atoms with E-state index in [0.29, 0.717) is 17.5 Å². The number of aromatic nitrogens is 4. The zero-order chi connectivity index (χ0) is 21.3. The second kappa shape index (κ2) is 8.19. The summed E-state index contributed by atoms with van der Waals surface area (Å²) < 4.78 is 3.62. The first-order chi connectivity index (χ1) is 14.4. The lowest BCUT2D eigenvalue weighted by atomic mass is 9.91. The Kier molecular flexibility index (Phi) is 5.44. The molecule has 3 heterocycles. The van der Waals surface area contributed by atoms with Crippen molar-refractivity contribution in [3.05, 3.63) is 47.5 Å². The van der Waals surface area contributed by atoms with Gasteiger partial charge in [0.1, 0.15) is 17.5 Å². The maximum Gasteiger partial charge on any atom is 0.256 e. The summed E-state index contributed by atoms with van der Waals surface area (Å²) in [6.07, 6.45) is 7.41. The Hall–Kier alpha value is -3.34. The van der Waals surface area contributed by atoms with E-state index in [0.717, 1.165) is 42.8 Å². The summed E-state index contributed by atoms with van der Waals surface area (Å²) in [6.45, 7) is 4.30. The number of aryl methyl sites for hydroxylation is 1. The Labute approximate surface area is 175 Å². The molecule has 0 spiro atoms. The molecule has 0 aliphatic heterocycles. The van der Waals surface area contributed by atoms with E-state index >= 15 is 0 Å². The molecule has 8 heteroatoms. The monoisotopic (exact) mass is 405 g/mol. The number of nitriles is 1. The average Bonchev–Trinajstić information content (AvgIpc) is 3.33. The van der Waals surface area contributed by atoms with Crippen molar-refractivity contribution in [3.63, 3.8) is 0 Å². The molecule has 3 aromatic heterocycles. The van der Waals surface area contributed by atoms with Crippen LogP contribution < -0.4 is 10.6 Å². The summed E-state index contributed by atoms with van der Waals surface area (Å²) in [5.74, 6) is 1.21. The Bertz CT molecular complexity index is 1100. The van der Waals surface area contributed by atoms with E-state index in [1.165, 1.54) is 4.68 Å². The van der Waals surface area contributed by atoms with Crippen molar-refractivity contribution < 1.29 is 4.79 Å². The summed E-state index contributed by atoms with van der Waals surface area (Å²) in [5, 5.41) is 19.9. The number of amides is 1. The predicted octanol–water partition coefficient (Wildman–Crippen LogP) is 3.22. The number of carbonyl (C=O) groups excluding carboxylic acids is 1. The fraction of sp³-hybridized carbons (Fsp3) is 0.455. The summed E-state index contributed by atoms with van der Waals surface area (Å²) in [7, 11) is 1.71. The van der Waals surface area contributed by atoms with Crippen molar-refractivity contribution in [2.75, 3.05) is 5.32 Å². The minimum absolute atomic E-state index is 0.110. The molecular formula is C22H27N7O. The maximum absolute atomic E-state index is 12.5. The van der Waals surface area contributed by atoms with Crippen LogP contribution in [0.3, 0.4) is 0 Å². The second-order valence-electron chi connectivity index (χ2n) is 8.30. The van der Waals surface area contributed by atoms with Crippen molar-refractivity contribution in [3.8, 4) is 6.07 Å². The van der Waals surface area contributed by atoms with Crippen LogP contribution in [0.2, 0.25) is 0 Å². The molecule has 1 aliphatic rings. The van der Waals surface area contributed by atoms with E-state index in [4.69, 9.17) is 10.2 Å². The normalized spacial score (nSPS) is 19.0. The van der Waals surface area contributed by atoms with Gasteiger partial charge in [-0.2, -0.15) is 10.4 Å². The summed E-state index contributed by atoms with van der Waals surface area (Å²) >= 11 is 0. The molecule has 1 fully saturated rings. The standard InChI is InChI=1S/C22H27N7O/c1-14(2)19-13-29-20(5-4-6-21(29)26-19)24-15-7-9-16(10-8-15)25-22(30)17-12-28(3)27-18(17)11-23/h4-6,12-16,24H,7-10H2,1-3H3,(H,25,30). The molecule has 30 heavy (non-hydrogen) atoms. The quantitative estimate of drug-likeness (QED) is 0.679. The largest absolute Gasteiger partial charge is 0.368 e. The SMILES string of the molecule is CC(C)c1cn2c(NC3CCC(NC(=O)c4cn(C)nc4C#N)CC3)cccc2n1. The minimum atomic E-state index is -0.222. The number of hydrogen-bond acceptors (Lipinski definition) is 5. The fourth-order valence-corrected chi connectivity index (χ4v) is 4.02. The predicted molar refractivity (Wildman–Crippen MR) is 114 cm³/mol. The summed E-state index contributed by atoms with van der Waals surface area (Å²) in [5.41, 5.74) is 2.55. The average molecular weight is 406 g/mol. The Morgan fingerprint density at radius 3 is 2.63 bits per heavy atom. The molecule has 2 N–H and O–H groups in total. The van der Waals surface area contributed by atoms with Crippen molar-refractivity contribution in [2.24, 2.45) is 7.05 Å². The van der Waals surface area contributed by atoms with E-state index in [9.17, 15) is 4.79 Å². The lowest BCUT2D eigenvalue weighted by molar-refractivity contribution is 0.0926. The molecule has 3 aromatic rings. The van der Waals surface area contributed by atoms with Crippen molar-refractivity contribution in [1.82, 2.24) is 24.5 Å². The van der Waals surface area contributed by atoms with Gasteiger partial charge in [0.2, 0.25) is 0 Å². The third kappa shape index (κ3) is 4.01. The topological polar surface area (TPSA) is 100 Å². The van der Waals surface area contributed by atoms with Crippen LogP contribution in [0.5, 0.6) is 0 Å². The number of nitrogens with one attached hydrogen (secondary N) is 2. The van der Waals surface area contributed by atoms with Crippen molar-refractivity contribution in [2.45, 2.75) is 57.5 Å². The molecule has 1 aliphatic carbocycles. The van der Waals surface area contributed by atoms with Crippen LogP contribution in [0.1, 0.15) is 67.2 Å². The molecule has 0 unspecified atom stereocenters. The number of imidazole rings is 1. The lowest BCUT2D eigenvalue weighted by Gasteiger charge is -2.30. The molecule has 4 rings (SSSR count). The summed E-state index contributed by atoms with van der Waals surface area (Å²) in [6, 6.07) is 8.58. The number of pyridine rings is 1. The highest BCUT2D eigenvalue weighted by atomic mass is 16.1. The first-order valence-electron chi connectivity index (χ1n) is 10.4. The highest BCUT2D eigenvalue weighted by Gasteiger charge is 2.25. The Morgan fingerprint density at radius 2 is 1.93 bits per heavy atom. The van der Waals surface area contributed by atoms with Crippen LogP contribution >= 0.6 is 0 Å². The first-order valence-corrected chi connectivity index (χ1v) is 10.4. The molecule has 1 amide bonds. The zero-order valence-corrected chi connectivity index (χ0v) is 17.6. The number of carbonyl (C=O) groups is 1. The third-order valence-corrected chi connectivity index (χ3v) is 5.70. The van der Waals surface area contributed by atoms with Gasteiger partial charge >= 0.3 is 0 Å². The maximum atomic E-state index is 12.5. The van der Waals surface area contributed by atoms with Crippen LogP contribution in [-0.4, -0.2) is 37.2 Å². The zero-order valence-electron chi connectivity index (χ0n) is 17.6. The van der Waals surface area contributed by atoms with Gasteiger partial charge in [-0.15, -0.1) is 0 Å². The second-order valence-corrected chi connectivity index (χ2v) is 8.30. The Balaban J connectivity index is 1.37. The van der Waals surface area contributed by atoms with Crippen LogP contribution in [0.25, 0.3) is 5.65 Å². The van der Waals surface area contributed by atoms with Crippen molar-refractivity contribution in [1.29, 1.82) is 5.26 Å². The van der Waals surface area contributed by atoms with E-state index in [2.05, 4.69) is 46.2 Å². The van der Waals surface area contributed by atoms with Gasteiger partial charge in [-0.3, -0.25) is 13.9 Å². The minimum Gasteiger partial charge on any atom is -0.368 e. The van der Waals surface area contributed by atoms with Crippen LogP contribution in [-0.2, 0) is 7.05 Å². The first kappa shape index (κ1) is 20.0. The molecule has 156 valence electrons. The van der Waals surface area contributed by atoms with E-state index in [1.54, 1.807) is 13.2 Å². The number of rotatable bonds is 5. The van der Waals surface area contributed by atoms with Crippen LogP contribution in [0, 0.1) is 11.3 Å². The number of nitrogens with zero attached hydrogens (tertiary/aromatic N) is 5. The highest BCUT2D eigenvalue weighted by molar-refractivity contribution is 5.96.